The first kappa shape index (κ1) is 13.0. The maximum Gasteiger partial charge on any atom is 0.00514 e. The summed E-state index contributed by atoms with van der Waals surface area (Å²) < 4.78 is 0. The minimum atomic E-state index is 0.384. The molecular weight excluding hydrogens is 184 g/mol. The highest BCUT2D eigenvalue weighted by atomic mass is 15.1. The Morgan fingerprint density at radius 1 is 1.27 bits per heavy atom. The zero-order chi connectivity index (χ0) is 11.1. The van der Waals surface area contributed by atoms with Crippen LogP contribution < -0.4 is 5.73 Å². The van der Waals surface area contributed by atoms with Crippen molar-refractivity contribution in [3.63, 3.8) is 0 Å². The molecule has 1 fully saturated rings. The highest BCUT2D eigenvalue weighted by molar-refractivity contribution is 4.80. The third-order valence-corrected chi connectivity index (χ3v) is 3.63. The van der Waals surface area contributed by atoms with E-state index < -0.39 is 0 Å². The van der Waals surface area contributed by atoms with Crippen LogP contribution in [-0.4, -0.2) is 30.6 Å². The summed E-state index contributed by atoms with van der Waals surface area (Å²) in [5.41, 5.74) is 5.93. The third-order valence-electron chi connectivity index (χ3n) is 3.63. The second-order valence-electron chi connectivity index (χ2n) is 5.12. The van der Waals surface area contributed by atoms with Gasteiger partial charge in [-0.15, -0.1) is 0 Å². The van der Waals surface area contributed by atoms with E-state index in [1.165, 1.54) is 58.2 Å². The number of hydrogen-bond donors (Lipinski definition) is 1. The third kappa shape index (κ3) is 4.98. The van der Waals surface area contributed by atoms with E-state index in [-0.39, 0.29) is 0 Å². The molecule has 1 saturated heterocycles. The van der Waals surface area contributed by atoms with Gasteiger partial charge in [0, 0.05) is 12.6 Å². The summed E-state index contributed by atoms with van der Waals surface area (Å²) in [5, 5.41) is 0. The Balaban J connectivity index is 1.99. The molecule has 2 atom stereocenters. The van der Waals surface area contributed by atoms with E-state index in [9.17, 15) is 0 Å². The van der Waals surface area contributed by atoms with Crippen LogP contribution in [-0.2, 0) is 0 Å². The molecule has 2 unspecified atom stereocenters. The Morgan fingerprint density at radius 3 is 2.60 bits per heavy atom. The Hall–Kier alpha value is -0.0800. The van der Waals surface area contributed by atoms with Gasteiger partial charge in [0.05, 0.1) is 0 Å². The van der Waals surface area contributed by atoms with Gasteiger partial charge in [0.15, 0.2) is 0 Å². The summed E-state index contributed by atoms with van der Waals surface area (Å²) in [6, 6.07) is 0.384. The fourth-order valence-corrected chi connectivity index (χ4v) is 2.43. The van der Waals surface area contributed by atoms with Crippen LogP contribution in [0.3, 0.4) is 0 Å². The topological polar surface area (TPSA) is 29.3 Å². The number of rotatable bonds is 7. The number of unbranched alkanes of at least 4 members (excludes halogenated alkanes) is 4. The van der Waals surface area contributed by atoms with Gasteiger partial charge in [0.1, 0.15) is 0 Å². The maximum absolute atomic E-state index is 5.93. The first-order chi connectivity index (χ1) is 7.24. The smallest absolute Gasteiger partial charge is 0.00514 e. The maximum atomic E-state index is 5.93. The van der Waals surface area contributed by atoms with Crippen molar-refractivity contribution in [3.05, 3.63) is 0 Å². The van der Waals surface area contributed by atoms with Gasteiger partial charge in [0.2, 0.25) is 0 Å². The van der Waals surface area contributed by atoms with Crippen molar-refractivity contribution in [1.29, 1.82) is 0 Å². The fraction of sp³-hybridized carbons (Fsp3) is 1.00. The van der Waals surface area contributed by atoms with E-state index in [0.717, 1.165) is 5.92 Å². The average molecular weight is 212 g/mol. The summed E-state index contributed by atoms with van der Waals surface area (Å²) in [5.74, 6) is 0.751. The lowest BCUT2D eigenvalue weighted by molar-refractivity contribution is 0.307. The van der Waals surface area contributed by atoms with E-state index in [2.05, 4.69) is 18.7 Å². The number of hydrogen-bond acceptors (Lipinski definition) is 2. The molecule has 0 aromatic rings. The number of nitrogens with two attached hydrogens (primary N) is 1. The largest absolute Gasteiger partial charge is 0.328 e. The van der Waals surface area contributed by atoms with Gasteiger partial charge in [-0.2, -0.15) is 0 Å². The van der Waals surface area contributed by atoms with E-state index in [1.807, 2.05) is 0 Å². The van der Waals surface area contributed by atoms with Crippen LogP contribution in [0.4, 0.5) is 0 Å². The SMILES string of the molecule is CCCCCCCN1CCC(C(C)N)C1. The zero-order valence-corrected chi connectivity index (χ0v) is 10.5. The molecule has 1 aliphatic rings. The highest BCUT2D eigenvalue weighted by Gasteiger charge is 2.24. The van der Waals surface area contributed by atoms with Crippen molar-refractivity contribution in [2.75, 3.05) is 19.6 Å². The highest BCUT2D eigenvalue weighted by Crippen LogP contribution is 2.19. The quantitative estimate of drug-likeness (QED) is 0.657. The first-order valence-corrected chi connectivity index (χ1v) is 6.72. The molecule has 2 N–H and O–H groups in total. The van der Waals surface area contributed by atoms with Gasteiger partial charge in [-0.1, -0.05) is 32.6 Å². The lowest BCUT2D eigenvalue weighted by atomic mass is 10.0. The van der Waals surface area contributed by atoms with Crippen LogP contribution >= 0.6 is 0 Å². The second kappa shape index (κ2) is 7.24. The molecule has 0 radical (unpaired) electrons. The minimum Gasteiger partial charge on any atom is -0.328 e. The van der Waals surface area contributed by atoms with Gasteiger partial charge >= 0.3 is 0 Å². The van der Waals surface area contributed by atoms with Crippen molar-refractivity contribution in [2.24, 2.45) is 11.7 Å². The Labute approximate surface area is 95.2 Å². The van der Waals surface area contributed by atoms with Crippen molar-refractivity contribution < 1.29 is 0 Å². The van der Waals surface area contributed by atoms with E-state index in [4.69, 9.17) is 5.73 Å². The summed E-state index contributed by atoms with van der Waals surface area (Å²) in [6.45, 7) is 8.24. The molecule has 0 aliphatic carbocycles. The molecule has 0 saturated carbocycles. The fourth-order valence-electron chi connectivity index (χ4n) is 2.43. The molecular formula is C13H28N2. The summed E-state index contributed by atoms with van der Waals surface area (Å²) >= 11 is 0. The van der Waals surface area contributed by atoms with Crippen LogP contribution in [0.25, 0.3) is 0 Å². The molecule has 1 heterocycles. The first-order valence-electron chi connectivity index (χ1n) is 6.72. The van der Waals surface area contributed by atoms with Gasteiger partial charge in [-0.25, -0.2) is 0 Å². The van der Waals surface area contributed by atoms with Crippen molar-refractivity contribution >= 4 is 0 Å². The van der Waals surface area contributed by atoms with Crippen LogP contribution in [0.1, 0.15) is 52.4 Å². The van der Waals surface area contributed by atoms with Gasteiger partial charge in [0.25, 0.3) is 0 Å². The van der Waals surface area contributed by atoms with Crippen molar-refractivity contribution in [1.82, 2.24) is 4.90 Å². The molecule has 1 aliphatic heterocycles. The minimum absolute atomic E-state index is 0.384. The monoisotopic (exact) mass is 212 g/mol. The van der Waals surface area contributed by atoms with Gasteiger partial charge in [-0.3, -0.25) is 0 Å². The number of likely N-dealkylation sites (tertiary alicyclic amines) is 1. The van der Waals surface area contributed by atoms with Crippen LogP contribution in [0, 0.1) is 5.92 Å². The molecule has 0 spiro atoms. The van der Waals surface area contributed by atoms with E-state index in [1.54, 1.807) is 0 Å². The molecule has 90 valence electrons. The Morgan fingerprint density at radius 2 is 2.00 bits per heavy atom. The van der Waals surface area contributed by atoms with Gasteiger partial charge in [-0.05, 0) is 38.8 Å². The van der Waals surface area contributed by atoms with Crippen LogP contribution in [0.15, 0.2) is 0 Å². The Kier molecular flexibility index (Phi) is 6.26. The average Bonchev–Trinajstić information content (AvgIpc) is 2.66. The number of nitrogens with zero attached hydrogens (tertiary/aromatic N) is 1. The molecule has 0 aromatic carbocycles. The Bertz CT molecular complexity index is 157. The predicted octanol–water partition coefficient (Wildman–Crippen LogP) is 2.63. The molecule has 0 amide bonds. The molecule has 15 heavy (non-hydrogen) atoms. The normalized spacial score (nSPS) is 24.6. The molecule has 2 nitrogen and oxygen atoms in total. The summed E-state index contributed by atoms with van der Waals surface area (Å²) in [6.07, 6.45) is 8.27. The summed E-state index contributed by atoms with van der Waals surface area (Å²) in [4.78, 5) is 2.60. The lowest BCUT2D eigenvalue weighted by Crippen LogP contribution is -2.30. The zero-order valence-electron chi connectivity index (χ0n) is 10.5. The standard InChI is InChI=1S/C13H28N2/c1-3-4-5-6-7-9-15-10-8-13(11-15)12(2)14/h12-13H,3-11,14H2,1-2H3. The molecule has 2 heteroatoms. The predicted molar refractivity (Wildman–Crippen MR) is 67.0 cm³/mol. The lowest BCUT2D eigenvalue weighted by Gasteiger charge is -2.17. The van der Waals surface area contributed by atoms with Crippen molar-refractivity contribution in [2.45, 2.75) is 58.4 Å². The van der Waals surface area contributed by atoms with Gasteiger partial charge < -0.3 is 10.6 Å². The van der Waals surface area contributed by atoms with Crippen LogP contribution in [0.2, 0.25) is 0 Å². The molecule has 0 bridgehead atoms. The van der Waals surface area contributed by atoms with Crippen LogP contribution in [0.5, 0.6) is 0 Å². The van der Waals surface area contributed by atoms with E-state index >= 15 is 0 Å². The summed E-state index contributed by atoms with van der Waals surface area (Å²) in [7, 11) is 0. The molecule has 0 aromatic heterocycles. The van der Waals surface area contributed by atoms with E-state index in [0.29, 0.717) is 6.04 Å². The molecule has 1 rings (SSSR count). The second-order valence-corrected chi connectivity index (χ2v) is 5.12. The van der Waals surface area contributed by atoms with Crippen molar-refractivity contribution in [3.8, 4) is 0 Å².